The molecule has 3 unspecified atom stereocenters. The Morgan fingerprint density at radius 3 is 2.58 bits per heavy atom. The highest BCUT2D eigenvalue weighted by Gasteiger charge is 2.50. The number of hydrogen-bond donors (Lipinski definition) is 1. The summed E-state index contributed by atoms with van der Waals surface area (Å²) in [5, 5.41) is 4.65. The molecule has 0 aromatic heterocycles. The van der Waals surface area contributed by atoms with Gasteiger partial charge in [0.15, 0.2) is 0 Å². The van der Waals surface area contributed by atoms with Crippen molar-refractivity contribution in [1.82, 2.24) is 10.2 Å². The Kier molecular flexibility index (Phi) is 5.41. The van der Waals surface area contributed by atoms with Gasteiger partial charge in [-0.3, -0.25) is 0 Å². The molecule has 2 heterocycles. The number of carbonyl (C=O) groups excluding carboxylic acids is 1. The van der Waals surface area contributed by atoms with Gasteiger partial charge in [-0.25, -0.2) is 4.79 Å². The van der Waals surface area contributed by atoms with E-state index in [-0.39, 0.29) is 11.6 Å². The average Bonchev–Trinajstić information content (AvgIpc) is 2.46. The first-order valence-electron chi connectivity index (χ1n) is 9.67. The average molecular weight is 355 g/mol. The number of ether oxygens (including phenoxy) is 1. The number of amides is 1. The van der Waals surface area contributed by atoms with Crippen molar-refractivity contribution in [3.05, 3.63) is 0 Å². The molecule has 1 amide bonds. The molecular weight excluding hydrogens is 320 g/mol. The lowest BCUT2D eigenvalue weighted by Crippen LogP contribution is -2.64. The van der Waals surface area contributed by atoms with Crippen LogP contribution in [0.4, 0.5) is 4.79 Å². The minimum atomic E-state index is -0.411. The fourth-order valence-corrected chi connectivity index (χ4v) is 5.59. The van der Waals surface area contributed by atoms with Gasteiger partial charge in [-0.05, 0) is 71.5 Å². The molecule has 2 aliphatic heterocycles. The first-order valence-corrected chi connectivity index (χ1v) is 10.7. The Hall–Kier alpha value is -0.420. The van der Waals surface area contributed by atoms with Crippen LogP contribution in [0.2, 0.25) is 0 Å². The van der Waals surface area contributed by atoms with Crippen LogP contribution in [0.5, 0.6) is 0 Å². The molecular formula is C19H34N2O2S. The smallest absolute Gasteiger partial charge is 0.410 e. The van der Waals surface area contributed by atoms with Gasteiger partial charge in [0.25, 0.3) is 0 Å². The van der Waals surface area contributed by atoms with E-state index in [4.69, 9.17) is 4.74 Å². The zero-order valence-corrected chi connectivity index (χ0v) is 16.6. The molecule has 2 saturated heterocycles. The van der Waals surface area contributed by atoms with Gasteiger partial charge in [0, 0.05) is 29.4 Å². The lowest BCUT2D eigenvalue weighted by molar-refractivity contribution is -0.0501. The van der Waals surface area contributed by atoms with Crippen LogP contribution in [0.25, 0.3) is 0 Å². The first-order chi connectivity index (χ1) is 11.3. The first kappa shape index (κ1) is 18.4. The molecule has 24 heavy (non-hydrogen) atoms. The highest BCUT2D eigenvalue weighted by atomic mass is 32.2. The van der Waals surface area contributed by atoms with Crippen LogP contribution in [-0.4, -0.2) is 51.8 Å². The van der Waals surface area contributed by atoms with Crippen LogP contribution in [0.3, 0.4) is 0 Å². The van der Waals surface area contributed by atoms with E-state index in [9.17, 15) is 4.79 Å². The van der Waals surface area contributed by atoms with Crippen LogP contribution < -0.4 is 5.32 Å². The minimum absolute atomic E-state index is 0.0588. The number of carbonyl (C=O) groups is 1. The number of nitrogens with zero attached hydrogens (tertiary/aromatic N) is 1. The van der Waals surface area contributed by atoms with Gasteiger partial charge >= 0.3 is 6.09 Å². The number of thioether (sulfide) groups is 1. The summed E-state index contributed by atoms with van der Waals surface area (Å²) in [4.78, 5) is 14.7. The summed E-state index contributed by atoms with van der Waals surface area (Å²) in [7, 11) is 0. The van der Waals surface area contributed by atoms with Crippen molar-refractivity contribution in [2.45, 2.75) is 101 Å². The maximum atomic E-state index is 12.7. The van der Waals surface area contributed by atoms with Gasteiger partial charge in [-0.1, -0.05) is 6.92 Å². The third kappa shape index (κ3) is 4.04. The predicted molar refractivity (Wildman–Crippen MR) is 101 cm³/mol. The molecule has 0 radical (unpaired) electrons. The number of rotatable bonds is 2. The normalized spacial score (nSPS) is 33.2. The second-order valence-electron chi connectivity index (χ2n) is 8.89. The van der Waals surface area contributed by atoms with Crippen molar-refractivity contribution in [2.75, 3.05) is 12.3 Å². The van der Waals surface area contributed by atoms with E-state index in [2.05, 4.69) is 28.9 Å². The van der Waals surface area contributed by atoms with E-state index in [0.29, 0.717) is 17.3 Å². The van der Waals surface area contributed by atoms with Crippen molar-refractivity contribution >= 4 is 17.9 Å². The Bertz CT molecular complexity index is 459. The van der Waals surface area contributed by atoms with E-state index in [1.54, 1.807) is 0 Å². The fourth-order valence-electron chi connectivity index (χ4n) is 4.44. The van der Waals surface area contributed by atoms with Gasteiger partial charge in [-0.15, -0.1) is 0 Å². The largest absolute Gasteiger partial charge is 0.444 e. The van der Waals surface area contributed by atoms with E-state index in [1.165, 1.54) is 25.0 Å². The molecule has 138 valence electrons. The summed E-state index contributed by atoms with van der Waals surface area (Å²) in [6.45, 7) is 9.05. The molecule has 1 N–H and O–H groups in total. The molecule has 3 rings (SSSR count). The third-order valence-corrected chi connectivity index (χ3v) is 7.23. The lowest BCUT2D eigenvalue weighted by Gasteiger charge is -2.55. The molecule has 0 aromatic rings. The van der Waals surface area contributed by atoms with E-state index >= 15 is 0 Å². The summed E-state index contributed by atoms with van der Waals surface area (Å²) >= 11 is 2.10. The summed E-state index contributed by atoms with van der Waals surface area (Å²) in [6, 6.07) is 1.19. The minimum Gasteiger partial charge on any atom is -0.444 e. The number of nitrogens with one attached hydrogen (secondary N) is 1. The molecule has 0 aromatic carbocycles. The van der Waals surface area contributed by atoms with E-state index in [1.807, 2.05) is 20.8 Å². The van der Waals surface area contributed by atoms with Gasteiger partial charge in [-0.2, -0.15) is 11.8 Å². The molecule has 3 atom stereocenters. The standard InChI is InChI=1S/C19H34N2O2S/c1-14-16(7-5-12-24-14)20-15-8-11-21(17(22)23-18(2,3)4)19(13-15)9-6-10-19/h14-16,20H,5-13H2,1-4H3. The van der Waals surface area contributed by atoms with Crippen LogP contribution in [-0.2, 0) is 4.74 Å². The second kappa shape index (κ2) is 7.06. The SMILES string of the molecule is CC1SCCCC1NC1CCN(C(=O)OC(C)(C)C)C2(CCC2)C1. The molecule has 4 nitrogen and oxygen atoms in total. The number of piperidine rings is 1. The monoisotopic (exact) mass is 354 g/mol. The summed E-state index contributed by atoms with van der Waals surface area (Å²) < 4.78 is 5.67. The highest BCUT2D eigenvalue weighted by molar-refractivity contribution is 7.99. The van der Waals surface area contributed by atoms with Crippen molar-refractivity contribution in [1.29, 1.82) is 0 Å². The van der Waals surface area contributed by atoms with Gasteiger partial charge < -0.3 is 15.0 Å². The quantitative estimate of drug-likeness (QED) is 0.807. The van der Waals surface area contributed by atoms with Crippen molar-refractivity contribution in [3.8, 4) is 0 Å². The van der Waals surface area contributed by atoms with Crippen molar-refractivity contribution < 1.29 is 9.53 Å². The molecule has 5 heteroatoms. The maximum absolute atomic E-state index is 12.7. The third-order valence-electron chi connectivity index (χ3n) is 5.85. The summed E-state index contributed by atoms with van der Waals surface area (Å²) in [6.07, 6.45) is 8.18. The Labute approximate surface area is 151 Å². The Morgan fingerprint density at radius 2 is 2.00 bits per heavy atom. The predicted octanol–water partition coefficient (Wildman–Crippen LogP) is 4.18. The van der Waals surface area contributed by atoms with Crippen molar-refractivity contribution in [3.63, 3.8) is 0 Å². The zero-order chi connectivity index (χ0) is 17.4. The molecule has 3 fully saturated rings. The molecule has 0 bridgehead atoms. The van der Waals surface area contributed by atoms with Crippen molar-refractivity contribution in [2.24, 2.45) is 0 Å². The number of hydrogen-bond acceptors (Lipinski definition) is 4. The molecule has 1 aliphatic carbocycles. The lowest BCUT2D eigenvalue weighted by atomic mass is 9.69. The second-order valence-corrected chi connectivity index (χ2v) is 10.4. The fraction of sp³-hybridized carbons (Fsp3) is 0.947. The van der Waals surface area contributed by atoms with Crippen LogP contribution in [0.1, 0.15) is 72.6 Å². The topological polar surface area (TPSA) is 41.6 Å². The van der Waals surface area contributed by atoms with E-state index in [0.717, 1.165) is 32.2 Å². The maximum Gasteiger partial charge on any atom is 0.410 e. The molecule has 3 aliphatic rings. The number of likely N-dealkylation sites (tertiary alicyclic amines) is 1. The van der Waals surface area contributed by atoms with Crippen LogP contribution >= 0.6 is 11.8 Å². The Balaban J connectivity index is 1.61. The summed E-state index contributed by atoms with van der Waals surface area (Å²) in [5.74, 6) is 1.31. The molecule has 1 spiro atoms. The summed E-state index contributed by atoms with van der Waals surface area (Å²) in [5.41, 5.74) is -0.352. The zero-order valence-electron chi connectivity index (χ0n) is 15.8. The van der Waals surface area contributed by atoms with Gasteiger partial charge in [0.05, 0.1) is 0 Å². The van der Waals surface area contributed by atoms with Crippen LogP contribution in [0.15, 0.2) is 0 Å². The Morgan fingerprint density at radius 1 is 1.25 bits per heavy atom. The highest BCUT2D eigenvalue weighted by Crippen LogP contribution is 2.45. The van der Waals surface area contributed by atoms with Crippen LogP contribution in [0, 0.1) is 0 Å². The molecule has 1 saturated carbocycles. The van der Waals surface area contributed by atoms with Gasteiger partial charge in [0.1, 0.15) is 5.60 Å². The van der Waals surface area contributed by atoms with Gasteiger partial charge in [0.2, 0.25) is 0 Å². The van der Waals surface area contributed by atoms with E-state index < -0.39 is 5.60 Å².